The molecule has 3 aromatic heterocycles. The van der Waals surface area contributed by atoms with Gasteiger partial charge in [0.25, 0.3) is 0 Å². The number of aromatic nitrogens is 4. The van der Waals surface area contributed by atoms with Gasteiger partial charge in [0.1, 0.15) is 17.0 Å². The maximum Gasteiger partial charge on any atom is 0.182 e. The molecule has 0 aliphatic heterocycles. The van der Waals surface area contributed by atoms with Crippen molar-refractivity contribution in [3.8, 4) is 11.4 Å². The molecule has 4 nitrogen and oxygen atoms in total. The molecule has 1 aliphatic rings. The van der Waals surface area contributed by atoms with Crippen LogP contribution in [0.15, 0.2) is 30.6 Å². The summed E-state index contributed by atoms with van der Waals surface area (Å²) >= 11 is 1.78. The first-order valence-electron chi connectivity index (χ1n) is 8.13. The molecule has 120 valence electrons. The Bertz CT molecular complexity index is 1060. The molecule has 0 amide bonds. The molecule has 0 saturated carbocycles. The van der Waals surface area contributed by atoms with Gasteiger partial charge in [-0.1, -0.05) is 6.92 Å². The Morgan fingerprint density at radius 2 is 2.08 bits per heavy atom. The Labute approximate surface area is 142 Å². The predicted octanol–water partition coefficient (Wildman–Crippen LogP) is 4.58. The number of nitrogens with zero attached hydrogens (tertiary/aromatic N) is 4. The van der Waals surface area contributed by atoms with E-state index in [1.807, 2.05) is 0 Å². The van der Waals surface area contributed by atoms with Crippen LogP contribution in [0, 0.1) is 5.82 Å². The van der Waals surface area contributed by atoms with E-state index in [9.17, 15) is 4.39 Å². The molecule has 4 aromatic rings. The topological polar surface area (TPSA) is 43.1 Å². The van der Waals surface area contributed by atoms with Gasteiger partial charge in [0.05, 0.1) is 5.39 Å². The molecule has 6 heteroatoms. The number of aryl methyl sites for hydroxylation is 1. The van der Waals surface area contributed by atoms with E-state index < -0.39 is 0 Å². The number of fused-ring (bicyclic) bond motifs is 5. The van der Waals surface area contributed by atoms with Gasteiger partial charge in [0.15, 0.2) is 11.5 Å². The summed E-state index contributed by atoms with van der Waals surface area (Å²) in [5.41, 5.74) is 3.06. The highest BCUT2D eigenvalue weighted by atomic mass is 32.1. The quantitative estimate of drug-likeness (QED) is 0.510. The highest BCUT2D eigenvalue weighted by Gasteiger charge is 2.25. The first kappa shape index (κ1) is 14.0. The van der Waals surface area contributed by atoms with Gasteiger partial charge in [0.2, 0.25) is 0 Å². The van der Waals surface area contributed by atoms with E-state index in [-0.39, 0.29) is 5.82 Å². The second-order valence-corrected chi connectivity index (χ2v) is 7.45. The summed E-state index contributed by atoms with van der Waals surface area (Å²) in [7, 11) is 0. The lowest BCUT2D eigenvalue weighted by molar-refractivity contribution is 0.602. The lowest BCUT2D eigenvalue weighted by atomic mass is 9.87. The van der Waals surface area contributed by atoms with Crippen LogP contribution in [0.4, 0.5) is 4.39 Å². The van der Waals surface area contributed by atoms with Crippen molar-refractivity contribution in [2.75, 3.05) is 0 Å². The van der Waals surface area contributed by atoms with Gasteiger partial charge in [-0.3, -0.25) is 0 Å². The van der Waals surface area contributed by atoms with Crippen molar-refractivity contribution in [2.24, 2.45) is 0 Å². The summed E-state index contributed by atoms with van der Waals surface area (Å²) in [5, 5.41) is 5.69. The van der Waals surface area contributed by atoms with E-state index >= 15 is 0 Å². The molecule has 5 rings (SSSR count). The largest absolute Gasteiger partial charge is 0.225 e. The molecule has 0 fully saturated rings. The van der Waals surface area contributed by atoms with Crippen molar-refractivity contribution in [3.05, 3.63) is 46.9 Å². The van der Waals surface area contributed by atoms with Crippen LogP contribution in [0.1, 0.15) is 36.1 Å². The third kappa shape index (κ3) is 1.99. The van der Waals surface area contributed by atoms with Crippen LogP contribution < -0.4 is 0 Å². The summed E-state index contributed by atoms with van der Waals surface area (Å²) in [4.78, 5) is 11.8. The van der Waals surface area contributed by atoms with Crippen LogP contribution in [-0.2, 0) is 6.42 Å². The maximum absolute atomic E-state index is 13.2. The third-order valence-corrected chi connectivity index (χ3v) is 5.95. The van der Waals surface area contributed by atoms with Crippen LogP contribution in [0.2, 0.25) is 0 Å². The molecule has 1 atom stereocenters. The predicted molar refractivity (Wildman–Crippen MR) is 92.9 cm³/mol. The lowest BCUT2D eigenvalue weighted by Crippen LogP contribution is -2.04. The third-order valence-electron chi connectivity index (χ3n) is 4.78. The fourth-order valence-corrected chi connectivity index (χ4v) is 4.90. The maximum atomic E-state index is 13.2. The smallest absolute Gasteiger partial charge is 0.182 e. The molecule has 1 aromatic carbocycles. The Morgan fingerprint density at radius 3 is 2.92 bits per heavy atom. The van der Waals surface area contributed by atoms with Crippen molar-refractivity contribution >= 4 is 27.2 Å². The Morgan fingerprint density at radius 1 is 1.25 bits per heavy atom. The van der Waals surface area contributed by atoms with Crippen molar-refractivity contribution in [1.29, 1.82) is 0 Å². The van der Waals surface area contributed by atoms with E-state index in [1.165, 1.54) is 35.4 Å². The number of benzene rings is 1. The van der Waals surface area contributed by atoms with E-state index in [1.54, 1.807) is 34.3 Å². The number of halogens is 1. The minimum atomic E-state index is -0.257. The van der Waals surface area contributed by atoms with Crippen LogP contribution in [0.25, 0.3) is 27.3 Å². The number of hydrogen-bond acceptors (Lipinski definition) is 4. The second kappa shape index (κ2) is 5.08. The standard InChI is InChI=1S/C18H15FN4S/c1-10-3-2-4-13-14(10)15-17-21-16(11-5-7-12(19)8-6-11)22-23(17)9-20-18(15)24-13/h5-10H,2-4H2,1H3/t10-/m0/s1. The van der Waals surface area contributed by atoms with Crippen molar-refractivity contribution in [1.82, 2.24) is 19.6 Å². The van der Waals surface area contributed by atoms with E-state index in [0.29, 0.717) is 11.7 Å². The average Bonchev–Trinajstić information content (AvgIpc) is 3.16. The van der Waals surface area contributed by atoms with Crippen molar-refractivity contribution in [3.63, 3.8) is 0 Å². The number of thiophene rings is 1. The number of rotatable bonds is 1. The SMILES string of the molecule is C[C@H]1CCCc2sc3ncn4nc(-c5ccc(F)cc5)nc4c3c21. The zero-order valence-electron chi connectivity index (χ0n) is 13.2. The first-order chi connectivity index (χ1) is 11.7. The minimum absolute atomic E-state index is 0.257. The number of hydrogen-bond donors (Lipinski definition) is 0. The van der Waals surface area contributed by atoms with Gasteiger partial charge in [0, 0.05) is 10.4 Å². The van der Waals surface area contributed by atoms with E-state index in [4.69, 9.17) is 4.98 Å². The fourth-order valence-electron chi connectivity index (χ4n) is 3.61. The minimum Gasteiger partial charge on any atom is -0.225 e. The molecule has 0 unspecified atom stereocenters. The summed E-state index contributed by atoms with van der Waals surface area (Å²) < 4.78 is 14.9. The average molecular weight is 338 g/mol. The highest BCUT2D eigenvalue weighted by Crippen LogP contribution is 2.42. The Balaban J connectivity index is 1.78. The lowest BCUT2D eigenvalue weighted by Gasteiger charge is -2.18. The molecule has 24 heavy (non-hydrogen) atoms. The van der Waals surface area contributed by atoms with Crippen molar-refractivity contribution in [2.45, 2.75) is 32.1 Å². The summed E-state index contributed by atoms with van der Waals surface area (Å²) in [6, 6.07) is 6.29. The molecule has 0 N–H and O–H groups in total. The van der Waals surface area contributed by atoms with Gasteiger partial charge in [-0.15, -0.1) is 16.4 Å². The highest BCUT2D eigenvalue weighted by molar-refractivity contribution is 7.19. The molecule has 0 radical (unpaired) electrons. The zero-order chi connectivity index (χ0) is 16.3. The molecule has 0 bridgehead atoms. The Hall–Kier alpha value is -2.34. The monoisotopic (exact) mass is 338 g/mol. The summed E-state index contributed by atoms with van der Waals surface area (Å²) in [5.74, 6) is 0.876. The van der Waals surface area contributed by atoms with Gasteiger partial charge < -0.3 is 0 Å². The Kier molecular flexibility index (Phi) is 2.97. The fraction of sp³-hybridized carbons (Fsp3) is 0.278. The first-order valence-corrected chi connectivity index (χ1v) is 8.95. The summed E-state index contributed by atoms with van der Waals surface area (Å²) in [6.07, 6.45) is 5.31. The van der Waals surface area contributed by atoms with E-state index in [0.717, 1.165) is 27.8 Å². The summed E-state index contributed by atoms with van der Waals surface area (Å²) in [6.45, 7) is 2.28. The van der Waals surface area contributed by atoms with Crippen LogP contribution in [0.3, 0.4) is 0 Å². The molecule has 1 aliphatic carbocycles. The van der Waals surface area contributed by atoms with E-state index in [2.05, 4.69) is 17.0 Å². The second-order valence-electron chi connectivity index (χ2n) is 6.37. The van der Waals surface area contributed by atoms with Gasteiger partial charge in [-0.05, 0) is 55.0 Å². The molecular weight excluding hydrogens is 323 g/mol. The van der Waals surface area contributed by atoms with Crippen molar-refractivity contribution < 1.29 is 4.39 Å². The van der Waals surface area contributed by atoms with Crippen LogP contribution >= 0.6 is 11.3 Å². The van der Waals surface area contributed by atoms with Gasteiger partial charge >= 0.3 is 0 Å². The molecular formula is C18H15FN4S. The van der Waals surface area contributed by atoms with Crippen LogP contribution in [0.5, 0.6) is 0 Å². The molecule has 0 saturated heterocycles. The van der Waals surface area contributed by atoms with Gasteiger partial charge in [-0.2, -0.15) is 0 Å². The molecule has 3 heterocycles. The molecule has 0 spiro atoms. The van der Waals surface area contributed by atoms with Crippen LogP contribution in [-0.4, -0.2) is 19.6 Å². The zero-order valence-corrected chi connectivity index (χ0v) is 14.0. The van der Waals surface area contributed by atoms with Gasteiger partial charge in [-0.25, -0.2) is 18.9 Å². The normalized spacial score (nSPS) is 17.5.